The van der Waals surface area contributed by atoms with Gasteiger partial charge in [-0.15, -0.1) is 0 Å². The van der Waals surface area contributed by atoms with Gasteiger partial charge in [0.15, 0.2) is 11.5 Å². The summed E-state index contributed by atoms with van der Waals surface area (Å²) in [5, 5.41) is 3.03. The Labute approximate surface area is 209 Å². The molecule has 1 aliphatic heterocycles. The predicted molar refractivity (Wildman–Crippen MR) is 140 cm³/mol. The largest absolute Gasteiger partial charge is 0.493 e. The highest BCUT2D eigenvalue weighted by Gasteiger charge is 2.31. The molecule has 3 aromatic carbocycles. The monoisotopic (exact) mass is 483 g/mol. The van der Waals surface area contributed by atoms with E-state index in [-0.39, 0.29) is 18.0 Å². The second-order valence-corrected chi connectivity index (χ2v) is 9.27. The van der Waals surface area contributed by atoms with E-state index in [0.29, 0.717) is 35.1 Å². The van der Waals surface area contributed by atoms with Crippen molar-refractivity contribution < 1.29 is 14.3 Å². The van der Waals surface area contributed by atoms with Crippen molar-refractivity contribution in [3.05, 3.63) is 98.3 Å². The highest BCUT2D eigenvalue weighted by molar-refractivity contribution is 5.92. The Kier molecular flexibility index (Phi) is 5.92. The molecule has 2 heterocycles. The van der Waals surface area contributed by atoms with E-state index in [9.17, 15) is 9.59 Å². The van der Waals surface area contributed by atoms with Gasteiger partial charge in [-0.05, 0) is 68.1 Å². The van der Waals surface area contributed by atoms with Gasteiger partial charge in [-0.3, -0.25) is 9.59 Å². The predicted octanol–water partition coefficient (Wildman–Crippen LogP) is 5.22. The standard InChI is InChI=1S/C29H29N3O4/c1-17-12-13-22(14-20(17)4)32-28(34)23-15-21-10-7-11-24(35-5)27(21)36-29(23)31(32)16-25(33)30-26-18(2)8-6-9-19(26)3/h6-14H,15-16H2,1-5H3,(H,30,33). The van der Waals surface area contributed by atoms with Gasteiger partial charge in [0.25, 0.3) is 5.56 Å². The zero-order valence-corrected chi connectivity index (χ0v) is 21.1. The molecular formula is C29H29N3O4. The third-order valence-electron chi connectivity index (χ3n) is 6.80. The molecule has 1 N–H and O–H groups in total. The van der Waals surface area contributed by atoms with Gasteiger partial charge in [-0.2, -0.15) is 0 Å². The number of para-hydroxylation sites is 2. The number of anilines is 1. The van der Waals surface area contributed by atoms with E-state index >= 15 is 0 Å². The maximum atomic E-state index is 13.7. The third-order valence-corrected chi connectivity index (χ3v) is 6.80. The first-order chi connectivity index (χ1) is 17.3. The number of hydrogen-bond acceptors (Lipinski definition) is 4. The van der Waals surface area contributed by atoms with Crippen LogP contribution < -0.4 is 20.3 Å². The number of amides is 1. The molecule has 36 heavy (non-hydrogen) atoms. The summed E-state index contributed by atoms with van der Waals surface area (Å²) < 4.78 is 15.0. The van der Waals surface area contributed by atoms with Gasteiger partial charge in [0, 0.05) is 17.7 Å². The summed E-state index contributed by atoms with van der Waals surface area (Å²) in [5.74, 6) is 1.24. The first kappa shape index (κ1) is 23.5. The average molecular weight is 484 g/mol. The van der Waals surface area contributed by atoms with E-state index in [4.69, 9.17) is 9.47 Å². The van der Waals surface area contributed by atoms with Crippen LogP contribution in [0.1, 0.15) is 33.4 Å². The number of fused-ring (bicyclic) bond motifs is 2. The molecule has 5 rings (SSSR count). The van der Waals surface area contributed by atoms with E-state index in [0.717, 1.165) is 33.5 Å². The summed E-state index contributed by atoms with van der Waals surface area (Å²) in [6.45, 7) is 7.84. The summed E-state index contributed by atoms with van der Waals surface area (Å²) >= 11 is 0. The minimum absolute atomic E-state index is 0.101. The molecule has 0 aliphatic carbocycles. The fourth-order valence-corrected chi connectivity index (χ4v) is 4.69. The normalized spacial score (nSPS) is 11.9. The molecule has 7 heteroatoms. The molecule has 0 fully saturated rings. The lowest BCUT2D eigenvalue weighted by molar-refractivity contribution is -0.117. The summed E-state index contributed by atoms with van der Waals surface area (Å²) in [7, 11) is 1.58. The number of ether oxygens (including phenoxy) is 2. The smallest absolute Gasteiger partial charge is 0.278 e. The van der Waals surface area contributed by atoms with E-state index < -0.39 is 0 Å². The number of carbonyl (C=O) groups is 1. The Balaban J connectivity index is 1.63. The highest BCUT2D eigenvalue weighted by atomic mass is 16.5. The number of aromatic nitrogens is 2. The number of benzene rings is 3. The van der Waals surface area contributed by atoms with E-state index in [1.807, 2.05) is 82.3 Å². The molecule has 7 nitrogen and oxygen atoms in total. The molecule has 0 radical (unpaired) electrons. The second-order valence-electron chi connectivity index (χ2n) is 9.27. The number of nitrogens with zero attached hydrogens (tertiary/aromatic N) is 2. The zero-order chi connectivity index (χ0) is 25.6. The van der Waals surface area contributed by atoms with Crippen molar-refractivity contribution in [2.45, 2.75) is 40.7 Å². The maximum Gasteiger partial charge on any atom is 0.278 e. The highest BCUT2D eigenvalue weighted by Crippen LogP contribution is 2.41. The molecule has 1 aliphatic rings. The van der Waals surface area contributed by atoms with Gasteiger partial charge >= 0.3 is 0 Å². The molecular weight excluding hydrogens is 454 g/mol. The summed E-state index contributed by atoms with van der Waals surface area (Å²) in [4.78, 5) is 27.1. The fourth-order valence-electron chi connectivity index (χ4n) is 4.69. The Morgan fingerprint density at radius 2 is 1.69 bits per heavy atom. The third kappa shape index (κ3) is 3.96. The van der Waals surface area contributed by atoms with Gasteiger partial charge < -0.3 is 14.8 Å². The van der Waals surface area contributed by atoms with Crippen LogP contribution in [-0.4, -0.2) is 22.4 Å². The summed E-state index contributed by atoms with van der Waals surface area (Å²) in [5.41, 5.74) is 6.73. The van der Waals surface area contributed by atoms with Gasteiger partial charge in [0.05, 0.1) is 18.4 Å². The van der Waals surface area contributed by atoms with Crippen LogP contribution in [0.2, 0.25) is 0 Å². The minimum atomic E-state index is -0.253. The number of aryl methyl sites for hydroxylation is 4. The lowest BCUT2D eigenvalue weighted by Crippen LogP contribution is -2.28. The molecule has 0 unspecified atom stereocenters. The van der Waals surface area contributed by atoms with Gasteiger partial charge in [0.2, 0.25) is 11.8 Å². The Bertz CT molecular complexity index is 1540. The van der Waals surface area contributed by atoms with Crippen molar-refractivity contribution in [3.63, 3.8) is 0 Å². The van der Waals surface area contributed by atoms with Crippen LogP contribution in [-0.2, 0) is 17.8 Å². The number of nitrogens with one attached hydrogen (secondary N) is 1. The Morgan fingerprint density at radius 1 is 0.972 bits per heavy atom. The lowest BCUT2D eigenvalue weighted by Gasteiger charge is -2.21. The topological polar surface area (TPSA) is 74.5 Å². The van der Waals surface area contributed by atoms with Crippen LogP contribution in [0.25, 0.3) is 5.69 Å². The van der Waals surface area contributed by atoms with Crippen molar-refractivity contribution in [2.75, 3.05) is 12.4 Å². The van der Waals surface area contributed by atoms with Crippen molar-refractivity contribution in [2.24, 2.45) is 0 Å². The minimum Gasteiger partial charge on any atom is -0.493 e. The molecule has 0 bridgehead atoms. The van der Waals surface area contributed by atoms with E-state index in [2.05, 4.69) is 5.32 Å². The molecule has 4 aromatic rings. The van der Waals surface area contributed by atoms with Crippen LogP contribution in [0.15, 0.2) is 59.4 Å². The first-order valence-corrected chi connectivity index (χ1v) is 11.9. The van der Waals surface area contributed by atoms with Crippen molar-refractivity contribution >= 4 is 11.6 Å². The quantitative estimate of drug-likeness (QED) is 0.372. The molecule has 0 spiro atoms. The second kappa shape index (κ2) is 9.07. The summed E-state index contributed by atoms with van der Waals surface area (Å²) in [6.07, 6.45) is 0.386. The van der Waals surface area contributed by atoms with Crippen LogP contribution >= 0.6 is 0 Å². The number of rotatable bonds is 5. The van der Waals surface area contributed by atoms with Crippen LogP contribution in [0.4, 0.5) is 5.69 Å². The van der Waals surface area contributed by atoms with Gasteiger partial charge in [-0.25, -0.2) is 9.36 Å². The van der Waals surface area contributed by atoms with Gasteiger partial charge in [0.1, 0.15) is 6.54 Å². The number of carbonyl (C=O) groups excluding carboxylic acids is 1. The molecule has 184 valence electrons. The van der Waals surface area contributed by atoms with Crippen molar-refractivity contribution in [1.29, 1.82) is 0 Å². The summed E-state index contributed by atoms with van der Waals surface area (Å²) in [6, 6.07) is 17.3. The van der Waals surface area contributed by atoms with Crippen LogP contribution in [0, 0.1) is 27.7 Å². The molecule has 0 atom stereocenters. The molecule has 1 aromatic heterocycles. The Hall–Kier alpha value is -4.26. The first-order valence-electron chi connectivity index (χ1n) is 11.9. The van der Waals surface area contributed by atoms with Gasteiger partial charge in [-0.1, -0.05) is 36.4 Å². The van der Waals surface area contributed by atoms with Crippen LogP contribution in [0.3, 0.4) is 0 Å². The van der Waals surface area contributed by atoms with Crippen molar-refractivity contribution in [3.8, 4) is 23.1 Å². The SMILES string of the molecule is COc1cccc2c1Oc1c(c(=O)n(-c3ccc(C)c(C)c3)n1CC(=O)Nc1c(C)cccc1C)C2. The zero-order valence-electron chi connectivity index (χ0n) is 21.1. The van der Waals surface area contributed by atoms with Crippen LogP contribution in [0.5, 0.6) is 17.4 Å². The molecule has 0 saturated carbocycles. The number of hydrogen-bond donors (Lipinski definition) is 1. The van der Waals surface area contributed by atoms with Crippen molar-refractivity contribution in [1.82, 2.24) is 9.36 Å². The Morgan fingerprint density at radius 3 is 2.39 bits per heavy atom. The van der Waals surface area contributed by atoms with E-state index in [1.54, 1.807) is 16.5 Å². The number of methoxy groups -OCH3 is 1. The van der Waals surface area contributed by atoms with E-state index in [1.165, 1.54) is 0 Å². The maximum absolute atomic E-state index is 13.7. The molecule has 1 amide bonds. The fraction of sp³-hybridized carbons (Fsp3) is 0.241. The lowest BCUT2D eigenvalue weighted by atomic mass is 10.0. The average Bonchev–Trinajstić information content (AvgIpc) is 3.12. The molecule has 0 saturated heterocycles.